The topological polar surface area (TPSA) is 75.7 Å². The predicted octanol–water partition coefficient (Wildman–Crippen LogP) is 5.00. The Balaban J connectivity index is 1.41. The van der Waals surface area contributed by atoms with Gasteiger partial charge in [0.2, 0.25) is 5.78 Å². The lowest BCUT2D eigenvalue weighted by atomic mass is 9.99. The number of ether oxygens (including phenoxy) is 6. The first-order chi connectivity index (χ1) is 18.0. The van der Waals surface area contributed by atoms with E-state index in [1.807, 2.05) is 43.3 Å². The molecule has 0 saturated heterocycles. The molecule has 37 heavy (non-hydrogen) atoms. The summed E-state index contributed by atoms with van der Waals surface area (Å²) in [7, 11) is 6.38. The lowest BCUT2D eigenvalue weighted by Crippen LogP contribution is -2.32. The largest absolute Gasteiger partial charge is 0.493 e. The minimum Gasteiger partial charge on any atom is -0.493 e. The number of hydrogen-bond acceptors (Lipinski definition) is 8. The number of fused-ring (bicyclic) bond motifs is 2. The number of hydrogen-bond donors (Lipinski definition) is 0. The molecule has 5 rings (SSSR count). The van der Waals surface area contributed by atoms with Crippen LogP contribution < -0.4 is 28.4 Å². The first-order valence-corrected chi connectivity index (χ1v) is 11.8. The molecule has 0 N–H and O–H groups in total. The van der Waals surface area contributed by atoms with Gasteiger partial charge in [-0.1, -0.05) is 18.2 Å². The standard InChI is InChI=1S/C29H29NO7/c1-17-27-20(15-30(16-36-27)14-18-9-10-22(32-2)24(11-18)34-4)12-21-26(31)25(37-28(17)21)13-19-7-6-8-23(33-3)29(19)35-5/h6-13H,14-16H2,1-5H3/b25-13-. The van der Waals surface area contributed by atoms with Crippen molar-refractivity contribution in [2.75, 3.05) is 35.2 Å². The number of rotatable bonds is 7. The monoisotopic (exact) mass is 503 g/mol. The summed E-state index contributed by atoms with van der Waals surface area (Å²) in [6, 6.07) is 13.2. The fourth-order valence-corrected chi connectivity index (χ4v) is 4.80. The van der Waals surface area contributed by atoms with Crippen LogP contribution in [0.25, 0.3) is 6.08 Å². The Kier molecular flexibility index (Phi) is 6.67. The number of nitrogens with zero attached hydrogens (tertiary/aromatic N) is 1. The van der Waals surface area contributed by atoms with Gasteiger partial charge in [0.15, 0.2) is 28.8 Å². The second-order valence-electron chi connectivity index (χ2n) is 8.84. The van der Waals surface area contributed by atoms with Crippen LogP contribution in [0.4, 0.5) is 0 Å². The molecule has 8 nitrogen and oxygen atoms in total. The van der Waals surface area contributed by atoms with Crippen molar-refractivity contribution in [1.82, 2.24) is 4.90 Å². The van der Waals surface area contributed by atoms with Gasteiger partial charge in [0.05, 0.1) is 34.0 Å². The molecule has 2 heterocycles. The summed E-state index contributed by atoms with van der Waals surface area (Å²) >= 11 is 0. The highest BCUT2D eigenvalue weighted by molar-refractivity contribution is 6.15. The van der Waals surface area contributed by atoms with E-state index in [0.717, 1.165) is 22.4 Å². The van der Waals surface area contributed by atoms with Crippen molar-refractivity contribution in [3.05, 3.63) is 76.0 Å². The Bertz CT molecular complexity index is 1400. The van der Waals surface area contributed by atoms with E-state index in [1.54, 1.807) is 40.6 Å². The fraction of sp³-hybridized carbons (Fsp3) is 0.276. The van der Waals surface area contributed by atoms with Crippen LogP contribution in [0, 0.1) is 6.92 Å². The first kappa shape index (κ1) is 24.5. The fourth-order valence-electron chi connectivity index (χ4n) is 4.80. The maximum Gasteiger partial charge on any atom is 0.231 e. The zero-order valence-corrected chi connectivity index (χ0v) is 21.5. The van der Waals surface area contributed by atoms with E-state index < -0.39 is 0 Å². The molecule has 0 spiro atoms. The number of para-hydroxylation sites is 1. The molecule has 0 aromatic heterocycles. The molecule has 0 aliphatic carbocycles. The molecule has 0 saturated carbocycles. The van der Waals surface area contributed by atoms with Gasteiger partial charge >= 0.3 is 0 Å². The van der Waals surface area contributed by atoms with Gasteiger partial charge < -0.3 is 28.4 Å². The van der Waals surface area contributed by atoms with Crippen molar-refractivity contribution in [2.24, 2.45) is 0 Å². The Hall–Kier alpha value is -4.17. The lowest BCUT2D eigenvalue weighted by molar-refractivity contribution is 0.0876. The second kappa shape index (κ2) is 10.1. The van der Waals surface area contributed by atoms with Gasteiger partial charge in [-0.15, -0.1) is 0 Å². The Morgan fingerprint density at radius 3 is 2.43 bits per heavy atom. The van der Waals surface area contributed by atoms with Crippen molar-refractivity contribution >= 4 is 11.9 Å². The maximum absolute atomic E-state index is 13.4. The summed E-state index contributed by atoms with van der Waals surface area (Å²) in [5.74, 6) is 3.83. The van der Waals surface area contributed by atoms with Crippen LogP contribution in [0.1, 0.15) is 32.6 Å². The Morgan fingerprint density at radius 2 is 1.70 bits per heavy atom. The van der Waals surface area contributed by atoms with E-state index in [-0.39, 0.29) is 11.5 Å². The van der Waals surface area contributed by atoms with Crippen LogP contribution >= 0.6 is 0 Å². The lowest BCUT2D eigenvalue weighted by Gasteiger charge is -2.30. The molecule has 0 bridgehead atoms. The van der Waals surface area contributed by atoms with Crippen molar-refractivity contribution in [2.45, 2.75) is 20.0 Å². The molecular weight excluding hydrogens is 474 g/mol. The molecule has 0 unspecified atom stereocenters. The van der Waals surface area contributed by atoms with Gasteiger partial charge in [-0.3, -0.25) is 9.69 Å². The van der Waals surface area contributed by atoms with E-state index in [9.17, 15) is 4.79 Å². The number of carbonyl (C=O) groups is 1. The third-order valence-electron chi connectivity index (χ3n) is 6.58. The van der Waals surface area contributed by atoms with Crippen molar-refractivity contribution in [1.29, 1.82) is 0 Å². The highest BCUT2D eigenvalue weighted by atomic mass is 16.5. The third kappa shape index (κ3) is 4.44. The normalized spacial score (nSPS) is 15.5. The molecular formula is C29H29NO7. The van der Waals surface area contributed by atoms with Gasteiger partial charge in [-0.25, -0.2) is 0 Å². The third-order valence-corrected chi connectivity index (χ3v) is 6.58. The SMILES string of the molecule is COc1ccc(CN2COc3c(cc4c(c3C)O/C(=C\c3cccc(OC)c3OC)C4=O)C2)cc1OC. The summed E-state index contributed by atoms with van der Waals surface area (Å²) in [5, 5.41) is 0. The molecule has 192 valence electrons. The second-order valence-corrected chi connectivity index (χ2v) is 8.84. The predicted molar refractivity (Wildman–Crippen MR) is 138 cm³/mol. The smallest absolute Gasteiger partial charge is 0.231 e. The van der Waals surface area contributed by atoms with Gasteiger partial charge in [0.1, 0.15) is 18.2 Å². The number of allylic oxidation sites excluding steroid dienone is 1. The van der Waals surface area contributed by atoms with E-state index >= 15 is 0 Å². The summed E-state index contributed by atoms with van der Waals surface area (Å²) in [5.41, 5.74) is 4.05. The number of ketones is 1. The van der Waals surface area contributed by atoms with Crippen LogP contribution in [0.2, 0.25) is 0 Å². The van der Waals surface area contributed by atoms with Crippen molar-refractivity contribution in [3.63, 3.8) is 0 Å². The van der Waals surface area contributed by atoms with E-state index in [0.29, 0.717) is 59.7 Å². The summed E-state index contributed by atoms with van der Waals surface area (Å²) in [6.07, 6.45) is 1.69. The molecule has 0 atom stereocenters. The molecule has 0 fully saturated rings. The highest BCUT2D eigenvalue weighted by Gasteiger charge is 2.34. The van der Waals surface area contributed by atoms with Crippen LogP contribution in [0.3, 0.4) is 0 Å². The van der Waals surface area contributed by atoms with Gasteiger partial charge in [-0.05, 0) is 42.8 Å². The van der Waals surface area contributed by atoms with Crippen LogP contribution in [0.5, 0.6) is 34.5 Å². The van der Waals surface area contributed by atoms with Crippen molar-refractivity contribution < 1.29 is 33.2 Å². The molecule has 2 aliphatic rings. The number of methoxy groups -OCH3 is 4. The molecule has 2 aliphatic heterocycles. The molecule has 3 aromatic rings. The van der Waals surface area contributed by atoms with Crippen LogP contribution in [0.15, 0.2) is 48.2 Å². The Morgan fingerprint density at radius 1 is 0.919 bits per heavy atom. The quantitative estimate of drug-likeness (QED) is 0.417. The summed E-state index contributed by atoms with van der Waals surface area (Å²) in [6.45, 7) is 3.62. The average Bonchev–Trinajstić information content (AvgIpc) is 3.23. The molecule has 8 heteroatoms. The number of carbonyl (C=O) groups excluding carboxylic acids is 1. The van der Waals surface area contributed by atoms with Gasteiger partial charge in [0.25, 0.3) is 0 Å². The van der Waals surface area contributed by atoms with Crippen molar-refractivity contribution in [3.8, 4) is 34.5 Å². The van der Waals surface area contributed by atoms with E-state index in [2.05, 4.69) is 4.90 Å². The average molecular weight is 504 g/mol. The van der Waals surface area contributed by atoms with Gasteiger partial charge in [0, 0.05) is 29.8 Å². The minimum atomic E-state index is -0.178. The van der Waals surface area contributed by atoms with Crippen LogP contribution in [-0.2, 0) is 13.1 Å². The molecule has 0 radical (unpaired) electrons. The zero-order chi connectivity index (χ0) is 26.1. The van der Waals surface area contributed by atoms with E-state index in [4.69, 9.17) is 28.4 Å². The highest BCUT2D eigenvalue weighted by Crippen LogP contribution is 2.44. The summed E-state index contributed by atoms with van der Waals surface area (Å²) < 4.78 is 33.9. The minimum absolute atomic E-state index is 0.178. The molecule has 3 aromatic carbocycles. The Labute approximate surface area is 215 Å². The maximum atomic E-state index is 13.4. The zero-order valence-electron chi connectivity index (χ0n) is 21.5. The number of benzene rings is 3. The van der Waals surface area contributed by atoms with Gasteiger partial charge in [-0.2, -0.15) is 0 Å². The summed E-state index contributed by atoms with van der Waals surface area (Å²) in [4.78, 5) is 15.5. The number of Topliss-reactive ketones (excluding diaryl/α,β-unsaturated/α-hetero) is 1. The first-order valence-electron chi connectivity index (χ1n) is 11.8. The molecule has 0 amide bonds. The van der Waals surface area contributed by atoms with Crippen LogP contribution in [-0.4, -0.2) is 45.9 Å². The van der Waals surface area contributed by atoms with E-state index in [1.165, 1.54) is 0 Å².